The lowest BCUT2D eigenvalue weighted by Gasteiger charge is -2.14. The Balaban J connectivity index is 1.58. The van der Waals surface area contributed by atoms with E-state index in [0.717, 1.165) is 33.8 Å². The van der Waals surface area contributed by atoms with E-state index in [1.165, 1.54) is 0 Å². The average Bonchev–Trinajstić information content (AvgIpc) is 3.07. The third kappa shape index (κ3) is 3.28. The highest BCUT2D eigenvalue weighted by molar-refractivity contribution is 5.90. The Hall–Kier alpha value is -3.02. The Labute approximate surface area is 146 Å². The Morgan fingerprint density at radius 3 is 2.76 bits per heavy atom. The van der Waals surface area contributed by atoms with Gasteiger partial charge in [0.2, 0.25) is 12.7 Å². The maximum Gasteiger partial charge on any atom is 0.231 e. The van der Waals surface area contributed by atoms with Gasteiger partial charge in [-0.2, -0.15) is 4.98 Å². The van der Waals surface area contributed by atoms with Crippen LogP contribution in [0.3, 0.4) is 0 Å². The zero-order valence-electron chi connectivity index (χ0n) is 14.2. The van der Waals surface area contributed by atoms with Crippen molar-refractivity contribution < 1.29 is 9.47 Å². The van der Waals surface area contributed by atoms with E-state index >= 15 is 0 Å². The van der Waals surface area contributed by atoms with E-state index in [1.54, 1.807) is 0 Å². The molecule has 4 rings (SSSR count). The highest BCUT2D eigenvalue weighted by Crippen LogP contribution is 2.32. The number of nitrogens with zero attached hydrogens (tertiary/aromatic N) is 2. The highest BCUT2D eigenvalue weighted by Gasteiger charge is 2.13. The molecule has 6 heteroatoms. The number of rotatable bonds is 5. The molecule has 2 heterocycles. The van der Waals surface area contributed by atoms with Crippen molar-refractivity contribution in [2.45, 2.75) is 26.4 Å². The number of hydrogen-bond acceptors (Lipinski definition) is 6. The molecule has 3 aromatic rings. The molecule has 1 aliphatic rings. The van der Waals surface area contributed by atoms with E-state index in [4.69, 9.17) is 9.47 Å². The van der Waals surface area contributed by atoms with E-state index in [-0.39, 0.29) is 6.79 Å². The van der Waals surface area contributed by atoms with Crippen molar-refractivity contribution in [3.63, 3.8) is 0 Å². The molecule has 0 saturated carbocycles. The molecule has 0 bridgehead atoms. The van der Waals surface area contributed by atoms with Crippen LogP contribution in [0.5, 0.6) is 11.5 Å². The standard InChI is InChI=1S/C19H20N4O2/c1-12(2)21-18-14-5-3-4-6-15(14)22-19(23-18)20-10-13-7-8-16-17(9-13)25-11-24-16/h3-9,12H,10-11H2,1-2H3,(H2,20,21,22,23). The van der Waals surface area contributed by atoms with E-state index < -0.39 is 0 Å². The molecule has 1 aromatic heterocycles. The van der Waals surface area contributed by atoms with Crippen molar-refractivity contribution in [3.8, 4) is 11.5 Å². The summed E-state index contributed by atoms with van der Waals surface area (Å²) < 4.78 is 10.8. The van der Waals surface area contributed by atoms with Crippen LogP contribution in [-0.4, -0.2) is 22.8 Å². The van der Waals surface area contributed by atoms with Crippen LogP contribution in [0.1, 0.15) is 19.4 Å². The van der Waals surface area contributed by atoms with Crippen LogP contribution >= 0.6 is 0 Å². The average molecular weight is 336 g/mol. The summed E-state index contributed by atoms with van der Waals surface area (Å²) in [5.74, 6) is 3.00. The molecule has 0 unspecified atom stereocenters. The van der Waals surface area contributed by atoms with Crippen molar-refractivity contribution in [3.05, 3.63) is 48.0 Å². The van der Waals surface area contributed by atoms with Crippen LogP contribution in [0.2, 0.25) is 0 Å². The van der Waals surface area contributed by atoms with Gasteiger partial charge >= 0.3 is 0 Å². The van der Waals surface area contributed by atoms with Gasteiger partial charge in [0.25, 0.3) is 0 Å². The predicted molar refractivity (Wildman–Crippen MR) is 98.2 cm³/mol. The summed E-state index contributed by atoms with van der Waals surface area (Å²) >= 11 is 0. The van der Waals surface area contributed by atoms with Crippen LogP contribution in [0.25, 0.3) is 10.9 Å². The number of aromatic nitrogens is 2. The van der Waals surface area contributed by atoms with Crippen molar-refractivity contribution in [2.24, 2.45) is 0 Å². The van der Waals surface area contributed by atoms with E-state index in [0.29, 0.717) is 18.5 Å². The minimum Gasteiger partial charge on any atom is -0.454 e. The van der Waals surface area contributed by atoms with Gasteiger partial charge in [0, 0.05) is 18.0 Å². The number of nitrogens with one attached hydrogen (secondary N) is 2. The van der Waals surface area contributed by atoms with Gasteiger partial charge in [0.1, 0.15) is 5.82 Å². The molecule has 0 saturated heterocycles. The van der Waals surface area contributed by atoms with E-state index in [1.807, 2.05) is 42.5 Å². The number of fused-ring (bicyclic) bond motifs is 2. The number of benzene rings is 2. The number of anilines is 2. The van der Waals surface area contributed by atoms with Gasteiger partial charge in [0.15, 0.2) is 11.5 Å². The fourth-order valence-corrected chi connectivity index (χ4v) is 2.77. The van der Waals surface area contributed by atoms with Gasteiger partial charge in [-0.1, -0.05) is 18.2 Å². The third-order valence-corrected chi connectivity index (χ3v) is 3.92. The first kappa shape index (κ1) is 15.5. The van der Waals surface area contributed by atoms with Gasteiger partial charge in [0.05, 0.1) is 5.52 Å². The fourth-order valence-electron chi connectivity index (χ4n) is 2.77. The molecule has 25 heavy (non-hydrogen) atoms. The molecule has 0 amide bonds. The lowest BCUT2D eigenvalue weighted by molar-refractivity contribution is 0.174. The molecular formula is C19H20N4O2. The maximum absolute atomic E-state index is 5.42. The van der Waals surface area contributed by atoms with Crippen LogP contribution in [0, 0.1) is 0 Å². The summed E-state index contributed by atoms with van der Waals surface area (Å²) in [5.41, 5.74) is 1.99. The monoisotopic (exact) mass is 336 g/mol. The summed E-state index contributed by atoms with van der Waals surface area (Å²) in [6.07, 6.45) is 0. The second kappa shape index (κ2) is 6.47. The first-order chi connectivity index (χ1) is 12.2. The summed E-state index contributed by atoms with van der Waals surface area (Å²) in [6.45, 7) is 5.08. The van der Waals surface area contributed by atoms with Gasteiger partial charge in [-0.05, 0) is 43.7 Å². The fraction of sp³-hybridized carbons (Fsp3) is 0.263. The summed E-state index contributed by atoms with van der Waals surface area (Å²) in [5, 5.41) is 7.71. The Bertz CT molecular complexity index is 911. The number of para-hydroxylation sites is 1. The van der Waals surface area contributed by atoms with Crippen LogP contribution in [0.4, 0.5) is 11.8 Å². The maximum atomic E-state index is 5.42. The van der Waals surface area contributed by atoms with Crippen LogP contribution in [0.15, 0.2) is 42.5 Å². The second-order valence-corrected chi connectivity index (χ2v) is 6.25. The van der Waals surface area contributed by atoms with Gasteiger partial charge in [-0.25, -0.2) is 4.98 Å². The Morgan fingerprint density at radius 2 is 1.88 bits per heavy atom. The smallest absolute Gasteiger partial charge is 0.231 e. The van der Waals surface area contributed by atoms with Crippen molar-refractivity contribution in [2.75, 3.05) is 17.4 Å². The number of ether oxygens (including phenoxy) is 2. The summed E-state index contributed by atoms with van der Waals surface area (Å²) in [6, 6.07) is 14.2. The van der Waals surface area contributed by atoms with Crippen LogP contribution in [-0.2, 0) is 6.54 Å². The molecule has 0 atom stereocenters. The molecular weight excluding hydrogens is 316 g/mol. The molecule has 0 spiro atoms. The highest BCUT2D eigenvalue weighted by atomic mass is 16.7. The van der Waals surface area contributed by atoms with Crippen LogP contribution < -0.4 is 20.1 Å². The quantitative estimate of drug-likeness (QED) is 0.739. The van der Waals surface area contributed by atoms with Gasteiger partial charge in [-0.3, -0.25) is 0 Å². The molecule has 2 aromatic carbocycles. The first-order valence-electron chi connectivity index (χ1n) is 8.35. The molecule has 0 radical (unpaired) electrons. The zero-order valence-corrected chi connectivity index (χ0v) is 14.2. The summed E-state index contributed by atoms with van der Waals surface area (Å²) in [4.78, 5) is 9.25. The van der Waals surface area contributed by atoms with E-state index in [9.17, 15) is 0 Å². The largest absolute Gasteiger partial charge is 0.454 e. The second-order valence-electron chi connectivity index (χ2n) is 6.25. The minimum absolute atomic E-state index is 0.282. The molecule has 0 aliphatic carbocycles. The Kier molecular flexibility index (Phi) is 4.01. The molecule has 1 aliphatic heterocycles. The molecule has 6 nitrogen and oxygen atoms in total. The first-order valence-corrected chi connectivity index (χ1v) is 8.35. The predicted octanol–water partition coefficient (Wildman–Crippen LogP) is 3.79. The lowest BCUT2D eigenvalue weighted by Crippen LogP contribution is -2.13. The van der Waals surface area contributed by atoms with E-state index in [2.05, 4.69) is 34.4 Å². The topological polar surface area (TPSA) is 68.3 Å². The lowest BCUT2D eigenvalue weighted by atomic mass is 10.2. The minimum atomic E-state index is 0.282. The Morgan fingerprint density at radius 1 is 1.04 bits per heavy atom. The molecule has 128 valence electrons. The molecule has 0 fully saturated rings. The zero-order chi connectivity index (χ0) is 17.2. The number of hydrogen-bond donors (Lipinski definition) is 2. The van der Waals surface area contributed by atoms with Gasteiger partial charge < -0.3 is 20.1 Å². The van der Waals surface area contributed by atoms with Crippen molar-refractivity contribution in [1.29, 1.82) is 0 Å². The van der Waals surface area contributed by atoms with Gasteiger partial charge in [-0.15, -0.1) is 0 Å². The van der Waals surface area contributed by atoms with Crippen molar-refractivity contribution >= 4 is 22.7 Å². The third-order valence-electron chi connectivity index (χ3n) is 3.92. The molecule has 2 N–H and O–H groups in total. The summed E-state index contributed by atoms with van der Waals surface area (Å²) in [7, 11) is 0. The SMILES string of the molecule is CC(C)Nc1nc(NCc2ccc3c(c2)OCO3)nc2ccccc12. The van der Waals surface area contributed by atoms with Crippen molar-refractivity contribution in [1.82, 2.24) is 9.97 Å². The normalized spacial score (nSPS) is 12.6.